The molecule has 12 rings (SSSR count). The Labute approximate surface area is 650 Å². The highest BCUT2D eigenvalue weighted by molar-refractivity contribution is 5.68. The first-order chi connectivity index (χ1) is 54.7. The molecule has 2 aliphatic rings. The van der Waals surface area contributed by atoms with Gasteiger partial charge in [0, 0.05) is 111 Å². The van der Waals surface area contributed by atoms with E-state index >= 15 is 0 Å². The molecule has 0 aliphatic carbocycles. The molecule has 1 atom stereocenters. The molecule has 40 heteroatoms. The van der Waals surface area contributed by atoms with E-state index in [1.165, 1.54) is 84.3 Å². The summed E-state index contributed by atoms with van der Waals surface area (Å²) in [4.78, 5) is 39.7. The van der Waals surface area contributed by atoms with Crippen LogP contribution in [0.1, 0.15) is 74.9 Å². The molecular formula is C77H66F25N15. The first-order valence-corrected chi connectivity index (χ1v) is 34.6. The fraction of sp³-hybridized carbons (Fsp3) is 0.299. The molecule has 12 heterocycles. The van der Waals surface area contributed by atoms with Crippen LogP contribution in [0, 0.1) is 35.0 Å². The van der Waals surface area contributed by atoms with Gasteiger partial charge in [-0.25, -0.2) is 55.7 Å². The lowest BCUT2D eigenvalue weighted by Crippen LogP contribution is -2.42. The Balaban J connectivity index is 0.000000183. The summed E-state index contributed by atoms with van der Waals surface area (Å²) in [6.45, 7) is 13.0. The minimum atomic E-state index is -4.97. The summed E-state index contributed by atoms with van der Waals surface area (Å²) in [6, 6.07) is 15.9. The number of anilines is 5. The largest absolute Gasteiger partial charge is 0.435 e. The lowest BCUT2D eigenvalue weighted by Gasteiger charge is -2.34. The van der Waals surface area contributed by atoms with Crippen LogP contribution in [-0.4, -0.2) is 114 Å². The van der Waals surface area contributed by atoms with Crippen molar-refractivity contribution in [3.63, 3.8) is 0 Å². The number of halogens is 25. The molecular weight excluding hydrogens is 1610 g/mol. The summed E-state index contributed by atoms with van der Waals surface area (Å²) < 4.78 is 330. The van der Waals surface area contributed by atoms with Gasteiger partial charge in [-0.05, 0) is 123 Å². The number of pyridine rings is 10. The van der Waals surface area contributed by atoms with E-state index in [2.05, 4.69) is 73.6 Å². The fourth-order valence-electron chi connectivity index (χ4n) is 11.2. The quantitative estimate of drug-likeness (QED) is 0.0580. The van der Waals surface area contributed by atoms with Crippen LogP contribution in [0.2, 0.25) is 0 Å². The van der Waals surface area contributed by atoms with Gasteiger partial charge in [0.2, 0.25) is 5.92 Å². The average Bonchev–Trinajstić information content (AvgIpc) is 1.67. The molecule has 0 radical (unpaired) electrons. The predicted octanol–water partition coefficient (Wildman–Crippen LogP) is 22.0. The van der Waals surface area contributed by atoms with E-state index in [0.717, 1.165) is 92.1 Å². The van der Waals surface area contributed by atoms with Gasteiger partial charge in [0.25, 0.3) is 0 Å². The summed E-state index contributed by atoms with van der Waals surface area (Å²) >= 11 is 0. The summed E-state index contributed by atoms with van der Waals surface area (Å²) in [5.74, 6) is -6.18. The number of hydrogen-bond acceptors (Lipinski definition) is 15. The molecule has 10 aromatic rings. The zero-order valence-corrected chi connectivity index (χ0v) is 61.2. The zero-order valence-electron chi connectivity index (χ0n) is 61.2. The third-order valence-corrected chi connectivity index (χ3v) is 16.5. The monoisotopic (exact) mass is 1680 g/mol. The van der Waals surface area contributed by atoms with E-state index in [1.54, 1.807) is 4.90 Å². The smallest absolute Gasteiger partial charge is 0.383 e. The summed E-state index contributed by atoms with van der Waals surface area (Å²) in [6.07, 6.45) is -14.3. The molecule has 10 aromatic heterocycles. The lowest BCUT2D eigenvalue weighted by atomic mass is 10.1. The molecule has 15 nitrogen and oxygen atoms in total. The molecule has 1 unspecified atom stereocenters. The van der Waals surface area contributed by atoms with Crippen LogP contribution in [0.3, 0.4) is 0 Å². The number of aromatic nitrogens is 10. The molecule has 0 bridgehead atoms. The number of nitrogens with one attached hydrogen (secondary N) is 2. The Bertz CT molecular complexity index is 4990. The Morgan fingerprint density at radius 1 is 0.419 bits per heavy atom. The molecule has 2 fully saturated rings. The van der Waals surface area contributed by atoms with Crippen molar-refractivity contribution in [1.82, 2.24) is 49.8 Å². The fourth-order valence-corrected chi connectivity index (χ4v) is 11.2. The van der Waals surface area contributed by atoms with Crippen LogP contribution >= 0.6 is 0 Å². The van der Waals surface area contributed by atoms with E-state index in [0.29, 0.717) is 31.5 Å². The van der Waals surface area contributed by atoms with Crippen molar-refractivity contribution in [2.45, 2.75) is 95.5 Å². The van der Waals surface area contributed by atoms with Crippen molar-refractivity contribution in [3.8, 4) is 56.3 Å². The molecule has 624 valence electrons. The second kappa shape index (κ2) is 38.3. The van der Waals surface area contributed by atoms with Crippen molar-refractivity contribution >= 4 is 28.4 Å². The van der Waals surface area contributed by atoms with Crippen LogP contribution in [-0.2, 0) is 30.9 Å². The van der Waals surface area contributed by atoms with Crippen LogP contribution in [0.15, 0.2) is 178 Å². The van der Waals surface area contributed by atoms with Gasteiger partial charge in [0.05, 0.1) is 87.9 Å². The zero-order chi connectivity index (χ0) is 86.2. The normalized spacial score (nSPS) is 13.8. The standard InChI is InChI=1S/C17H15F4N3.C16H12F7N3.C15H13F6N3.C15H15F4N3.C14H11F4N3/c1-3-7-24(8-4-2)15-6-5-14(23-16(15)17(19,20)21)12-9-13(18)11-22-10-12;17-10-6-9(7-24-8-10)11-3-4-12(14(25-11)16(21,22)23)26-5-1-2-13(26)15(18,19)20;1-14(17,18)4-5-23-12-3-2-11(24-13(12)15(19,20)21)9-6-10(16)8-22-7-9;1-9(2)6-21-13-4-3-12(22-14(13)15(17,18)19)10-5-11(16)8-20-7-10;15-10-6-9(7-19-8-10)11-2-3-12(21-4-1-5-21)13(20-11)14(16,17)18/h3-6,9-11H,1-2,7-8H2;3-4,6-8,13H,1-2,5H2;2-3,6-8,23H,4-5H2,1H3;3-5,7-9,21H,6H2,1-2H3;2-3,6-8H,1,4-5H2. The van der Waals surface area contributed by atoms with E-state index in [1.807, 2.05) is 13.8 Å². The Kier molecular flexibility index (Phi) is 29.7. The van der Waals surface area contributed by atoms with Crippen LogP contribution in [0.4, 0.5) is 138 Å². The SMILES string of the molecule is C=CCN(CC=C)c1ccc(-c2cncc(F)c2)nc1C(F)(F)F.CC(C)CNc1ccc(-c2cncc(F)c2)nc1C(F)(F)F.CC(F)(F)CCNc1ccc(-c2cncc(F)c2)nc1C(F)(F)F.Fc1cncc(-c2ccc(N3CCC3)c(C(F)(F)F)n2)c1.Fc1cncc(-c2ccc(N3CCCC3C(F)(F)F)c(C(F)(F)F)n2)c1. The van der Waals surface area contributed by atoms with Crippen LogP contribution < -0.4 is 25.3 Å². The van der Waals surface area contributed by atoms with Crippen LogP contribution in [0.5, 0.6) is 0 Å². The molecule has 0 aromatic carbocycles. The highest BCUT2D eigenvalue weighted by Gasteiger charge is 2.49. The van der Waals surface area contributed by atoms with Gasteiger partial charge in [-0.3, -0.25) is 24.9 Å². The molecule has 0 amide bonds. The second-order valence-electron chi connectivity index (χ2n) is 26.1. The van der Waals surface area contributed by atoms with E-state index in [9.17, 15) is 110 Å². The van der Waals surface area contributed by atoms with Crippen molar-refractivity contribution in [2.24, 2.45) is 5.92 Å². The average molecular weight is 1680 g/mol. The van der Waals surface area contributed by atoms with Crippen molar-refractivity contribution in [1.29, 1.82) is 0 Å². The van der Waals surface area contributed by atoms with Gasteiger partial charge >= 0.3 is 37.1 Å². The van der Waals surface area contributed by atoms with Gasteiger partial charge in [0.15, 0.2) is 28.5 Å². The van der Waals surface area contributed by atoms with Crippen molar-refractivity contribution < 1.29 is 110 Å². The maximum absolute atomic E-state index is 13.4. The van der Waals surface area contributed by atoms with Gasteiger partial charge < -0.3 is 25.3 Å². The number of nitrogens with zero attached hydrogens (tertiary/aromatic N) is 13. The third kappa shape index (κ3) is 25.9. The molecule has 2 N–H and O–H groups in total. The van der Waals surface area contributed by atoms with Gasteiger partial charge in [-0.2, -0.15) is 79.0 Å². The summed E-state index contributed by atoms with van der Waals surface area (Å²) in [7, 11) is 0. The molecule has 0 spiro atoms. The predicted molar refractivity (Wildman–Crippen MR) is 385 cm³/mol. The summed E-state index contributed by atoms with van der Waals surface area (Å²) in [5.41, 5.74) is -6.48. The van der Waals surface area contributed by atoms with Gasteiger partial charge in [-0.15, -0.1) is 13.2 Å². The maximum Gasteiger partial charge on any atom is 0.435 e. The van der Waals surface area contributed by atoms with Crippen molar-refractivity contribution in [3.05, 3.63) is 236 Å². The first-order valence-electron chi connectivity index (χ1n) is 34.6. The third-order valence-electron chi connectivity index (χ3n) is 16.5. The lowest BCUT2D eigenvalue weighted by molar-refractivity contribution is -0.148. The highest BCUT2D eigenvalue weighted by atomic mass is 19.4. The first kappa shape index (κ1) is 90.8. The van der Waals surface area contributed by atoms with Crippen LogP contribution in [0.25, 0.3) is 56.3 Å². The Hall–Kier alpha value is -11.8. The van der Waals surface area contributed by atoms with Crippen molar-refractivity contribution in [2.75, 3.05) is 71.1 Å². The number of alkyl halides is 20. The molecule has 2 aliphatic heterocycles. The minimum Gasteiger partial charge on any atom is -0.383 e. The van der Waals surface area contributed by atoms with E-state index in [-0.39, 0.29) is 118 Å². The van der Waals surface area contributed by atoms with E-state index < -0.39 is 124 Å². The topological polar surface area (TPSA) is 163 Å². The minimum absolute atomic E-state index is 0.00385. The van der Waals surface area contributed by atoms with Gasteiger partial charge in [0.1, 0.15) is 35.1 Å². The molecule has 117 heavy (non-hydrogen) atoms. The number of hydrogen-bond donors (Lipinski definition) is 2. The summed E-state index contributed by atoms with van der Waals surface area (Å²) in [5, 5.41) is 5.05. The molecule has 0 saturated carbocycles. The second-order valence-corrected chi connectivity index (χ2v) is 26.1. The highest BCUT2D eigenvalue weighted by Crippen LogP contribution is 2.45. The molecule has 2 saturated heterocycles. The van der Waals surface area contributed by atoms with E-state index in [4.69, 9.17) is 0 Å². The number of rotatable bonds is 19. The Morgan fingerprint density at radius 3 is 1.08 bits per heavy atom. The van der Waals surface area contributed by atoms with Gasteiger partial charge in [-0.1, -0.05) is 26.0 Å². The Morgan fingerprint density at radius 2 is 0.752 bits per heavy atom. The maximum atomic E-state index is 13.4.